The van der Waals surface area contributed by atoms with Gasteiger partial charge in [0, 0.05) is 0 Å². The van der Waals surface area contributed by atoms with Crippen molar-refractivity contribution in [1.29, 1.82) is 0 Å². The average Bonchev–Trinajstić information content (AvgIpc) is 2.20. The Morgan fingerprint density at radius 2 is 1.76 bits per heavy atom. The van der Waals surface area contributed by atoms with Gasteiger partial charge in [-0.15, -0.1) is 0 Å². The Labute approximate surface area is 127 Å². The minimum Gasteiger partial charge on any atom is -0.748 e. The minimum absolute atomic E-state index is 0. The van der Waals surface area contributed by atoms with Crippen LogP contribution >= 0.6 is 0 Å². The van der Waals surface area contributed by atoms with Crippen molar-refractivity contribution in [2.75, 3.05) is 0 Å². The van der Waals surface area contributed by atoms with E-state index in [1.165, 1.54) is 0 Å². The van der Waals surface area contributed by atoms with Crippen LogP contribution in [0.3, 0.4) is 0 Å². The standard InChI is InChI=1S/C11H24O4S.Na/c1-3-5-6-7-8-11(16(13,14)15)9-10(12)4-2;/h10-12H,3-9H2,1-2H3,(H,13,14,15);/q;+1/p-1. The fourth-order valence-corrected chi connectivity index (χ4v) is 2.56. The molecule has 0 aromatic carbocycles. The van der Waals surface area contributed by atoms with E-state index in [1.807, 2.05) is 0 Å². The Morgan fingerprint density at radius 3 is 2.18 bits per heavy atom. The normalized spacial score (nSPS) is 15.1. The molecule has 6 heteroatoms. The summed E-state index contributed by atoms with van der Waals surface area (Å²) in [5.41, 5.74) is 0. The molecule has 0 aliphatic rings. The van der Waals surface area contributed by atoms with Gasteiger partial charge in [-0.2, -0.15) is 0 Å². The van der Waals surface area contributed by atoms with Crippen molar-refractivity contribution >= 4 is 10.1 Å². The van der Waals surface area contributed by atoms with E-state index in [2.05, 4.69) is 6.92 Å². The second-order valence-corrected chi connectivity index (χ2v) is 5.91. The first kappa shape index (κ1) is 20.2. The van der Waals surface area contributed by atoms with Gasteiger partial charge in [-0.3, -0.25) is 0 Å². The molecule has 0 heterocycles. The monoisotopic (exact) mass is 274 g/mol. The predicted octanol–water partition coefficient (Wildman–Crippen LogP) is -0.964. The van der Waals surface area contributed by atoms with Gasteiger partial charge in [-0.05, 0) is 19.3 Å². The van der Waals surface area contributed by atoms with Crippen LogP contribution in [-0.2, 0) is 10.1 Å². The fourth-order valence-electron chi connectivity index (χ4n) is 1.65. The van der Waals surface area contributed by atoms with Crippen LogP contribution in [0.15, 0.2) is 0 Å². The van der Waals surface area contributed by atoms with Crippen molar-refractivity contribution in [1.82, 2.24) is 0 Å². The number of aliphatic hydroxyl groups is 1. The topological polar surface area (TPSA) is 77.4 Å². The number of unbranched alkanes of at least 4 members (excludes halogenated alkanes) is 3. The quantitative estimate of drug-likeness (QED) is 0.333. The van der Waals surface area contributed by atoms with E-state index in [0.29, 0.717) is 12.8 Å². The maximum absolute atomic E-state index is 11.0. The summed E-state index contributed by atoms with van der Waals surface area (Å²) < 4.78 is 32.9. The zero-order valence-electron chi connectivity index (χ0n) is 11.2. The molecule has 0 fully saturated rings. The molecule has 0 aromatic heterocycles. The minimum atomic E-state index is -4.27. The van der Waals surface area contributed by atoms with Crippen LogP contribution in [-0.4, -0.2) is 29.4 Å². The van der Waals surface area contributed by atoms with Crippen molar-refractivity contribution in [3.05, 3.63) is 0 Å². The first-order valence-electron chi connectivity index (χ1n) is 6.04. The van der Waals surface area contributed by atoms with E-state index >= 15 is 0 Å². The van der Waals surface area contributed by atoms with Crippen LogP contribution in [0.25, 0.3) is 0 Å². The maximum atomic E-state index is 11.0. The molecular weight excluding hydrogens is 251 g/mol. The number of aliphatic hydroxyl groups excluding tert-OH is 1. The van der Waals surface area contributed by atoms with Crippen LogP contribution in [0, 0.1) is 0 Å². The third-order valence-corrected chi connectivity index (χ3v) is 4.04. The molecule has 0 aliphatic carbocycles. The first-order valence-corrected chi connectivity index (χ1v) is 7.51. The van der Waals surface area contributed by atoms with Crippen LogP contribution in [0.4, 0.5) is 0 Å². The third kappa shape index (κ3) is 10.5. The van der Waals surface area contributed by atoms with Gasteiger partial charge in [0.25, 0.3) is 0 Å². The van der Waals surface area contributed by atoms with Gasteiger partial charge < -0.3 is 9.66 Å². The molecule has 98 valence electrons. The van der Waals surface area contributed by atoms with E-state index in [-0.39, 0.29) is 36.0 Å². The summed E-state index contributed by atoms with van der Waals surface area (Å²) in [6, 6.07) is 0. The van der Waals surface area contributed by atoms with Crippen molar-refractivity contribution in [3.8, 4) is 0 Å². The van der Waals surface area contributed by atoms with E-state index in [4.69, 9.17) is 0 Å². The molecule has 0 bridgehead atoms. The molecule has 0 aliphatic heterocycles. The van der Waals surface area contributed by atoms with Gasteiger partial charge in [0.15, 0.2) is 0 Å². The number of rotatable bonds is 9. The summed E-state index contributed by atoms with van der Waals surface area (Å²) in [5.74, 6) is 0. The molecular formula is C11H23NaO4S. The van der Waals surface area contributed by atoms with E-state index in [9.17, 15) is 18.1 Å². The molecule has 0 amide bonds. The molecule has 0 aromatic rings. The number of hydrogen-bond donors (Lipinski definition) is 1. The summed E-state index contributed by atoms with van der Waals surface area (Å²) in [6.45, 7) is 3.85. The van der Waals surface area contributed by atoms with Gasteiger partial charge in [-0.1, -0.05) is 39.5 Å². The van der Waals surface area contributed by atoms with E-state index in [0.717, 1.165) is 25.7 Å². The second-order valence-electron chi connectivity index (χ2n) is 4.26. The fraction of sp³-hybridized carbons (Fsp3) is 1.00. The molecule has 0 saturated carbocycles. The van der Waals surface area contributed by atoms with Crippen LogP contribution in [0.5, 0.6) is 0 Å². The largest absolute Gasteiger partial charge is 1.00 e. The third-order valence-electron chi connectivity index (χ3n) is 2.79. The van der Waals surface area contributed by atoms with Gasteiger partial charge in [0.05, 0.1) is 21.5 Å². The summed E-state index contributed by atoms with van der Waals surface area (Å²) >= 11 is 0. The maximum Gasteiger partial charge on any atom is 1.00 e. The van der Waals surface area contributed by atoms with E-state index < -0.39 is 21.5 Å². The molecule has 2 atom stereocenters. The van der Waals surface area contributed by atoms with Crippen LogP contribution < -0.4 is 29.6 Å². The van der Waals surface area contributed by atoms with Crippen LogP contribution in [0.1, 0.15) is 58.8 Å². The van der Waals surface area contributed by atoms with Gasteiger partial charge in [0.1, 0.15) is 0 Å². The Kier molecular flexibility index (Phi) is 12.8. The molecule has 0 rings (SSSR count). The smallest absolute Gasteiger partial charge is 0.748 e. The molecule has 1 N–H and O–H groups in total. The van der Waals surface area contributed by atoms with Gasteiger partial charge in [0.2, 0.25) is 0 Å². The Bertz CT molecular complexity index is 267. The Hall–Kier alpha value is 0.870. The van der Waals surface area contributed by atoms with Crippen LogP contribution in [0.2, 0.25) is 0 Å². The summed E-state index contributed by atoms with van der Waals surface area (Å²) in [5, 5.41) is 8.47. The molecule has 4 nitrogen and oxygen atoms in total. The summed E-state index contributed by atoms with van der Waals surface area (Å²) in [6.07, 6.45) is 4.09. The molecule has 17 heavy (non-hydrogen) atoms. The molecule has 0 saturated heterocycles. The van der Waals surface area contributed by atoms with Gasteiger partial charge in [-0.25, -0.2) is 8.42 Å². The van der Waals surface area contributed by atoms with Crippen molar-refractivity contribution < 1.29 is 47.6 Å². The summed E-state index contributed by atoms with van der Waals surface area (Å²) in [7, 11) is -4.27. The average molecular weight is 274 g/mol. The second kappa shape index (κ2) is 10.8. The number of hydrogen-bond acceptors (Lipinski definition) is 4. The molecule has 0 spiro atoms. The predicted molar refractivity (Wildman–Crippen MR) is 63.2 cm³/mol. The SMILES string of the molecule is CCCCCCC(CC(O)CC)S(=O)(=O)[O-].[Na+]. The Balaban J connectivity index is 0. The van der Waals surface area contributed by atoms with E-state index in [1.54, 1.807) is 6.92 Å². The van der Waals surface area contributed by atoms with Crippen molar-refractivity contribution in [3.63, 3.8) is 0 Å². The zero-order valence-corrected chi connectivity index (χ0v) is 14.0. The van der Waals surface area contributed by atoms with Crippen molar-refractivity contribution in [2.45, 2.75) is 70.1 Å². The van der Waals surface area contributed by atoms with Gasteiger partial charge >= 0.3 is 29.6 Å². The zero-order chi connectivity index (χ0) is 12.6. The molecule has 2 unspecified atom stereocenters. The van der Waals surface area contributed by atoms with Crippen molar-refractivity contribution in [2.24, 2.45) is 0 Å². The summed E-state index contributed by atoms with van der Waals surface area (Å²) in [4.78, 5) is 0. The first-order chi connectivity index (χ1) is 7.41. The Morgan fingerprint density at radius 1 is 1.18 bits per heavy atom. The molecule has 0 radical (unpaired) electrons.